The van der Waals surface area contributed by atoms with Crippen molar-refractivity contribution in [2.24, 2.45) is 5.92 Å². The van der Waals surface area contributed by atoms with Crippen LogP contribution in [0.15, 0.2) is 42.5 Å². The lowest BCUT2D eigenvalue weighted by atomic mass is 9.86. The molecular formula is C16H20O. The van der Waals surface area contributed by atoms with Crippen LogP contribution in [0.4, 0.5) is 0 Å². The maximum absolute atomic E-state index is 10.3. The summed E-state index contributed by atoms with van der Waals surface area (Å²) in [6.07, 6.45) is 11.7. The SMILES string of the molecule is CCCC/C=C/[C@H]1C=Cc2ccccc2[C@H]1O. The zero-order chi connectivity index (χ0) is 12.1. The number of aliphatic hydroxyl groups excluding tert-OH is 1. The Bertz CT molecular complexity index is 417. The number of hydrogen-bond acceptors (Lipinski definition) is 1. The molecule has 0 radical (unpaired) electrons. The van der Waals surface area contributed by atoms with Crippen LogP contribution in [0.5, 0.6) is 0 Å². The van der Waals surface area contributed by atoms with E-state index >= 15 is 0 Å². The third-order valence-electron chi connectivity index (χ3n) is 3.26. The van der Waals surface area contributed by atoms with Crippen LogP contribution in [0.3, 0.4) is 0 Å². The van der Waals surface area contributed by atoms with Gasteiger partial charge in [-0.1, -0.05) is 68.3 Å². The molecule has 0 fully saturated rings. The van der Waals surface area contributed by atoms with E-state index in [1.165, 1.54) is 12.8 Å². The van der Waals surface area contributed by atoms with E-state index in [1.807, 2.05) is 24.3 Å². The van der Waals surface area contributed by atoms with Gasteiger partial charge in [0.25, 0.3) is 0 Å². The fourth-order valence-corrected chi connectivity index (χ4v) is 2.20. The highest BCUT2D eigenvalue weighted by atomic mass is 16.3. The van der Waals surface area contributed by atoms with Gasteiger partial charge in [-0.25, -0.2) is 0 Å². The summed E-state index contributed by atoms with van der Waals surface area (Å²) in [6.45, 7) is 2.19. The van der Waals surface area contributed by atoms with Gasteiger partial charge < -0.3 is 5.11 Å². The van der Waals surface area contributed by atoms with Crippen LogP contribution in [0.1, 0.15) is 43.4 Å². The Morgan fingerprint density at radius 3 is 2.94 bits per heavy atom. The number of hydrogen-bond donors (Lipinski definition) is 1. The lowest BCUT2D eigenvalue weighted by Gasteiger charge is -2.23. The molecule has 17 heavy (non-hydrogen) atoms. The van der Waals surface area contributed by atoms with E-state index in [9.17, 15) is 5.11 Å². The largest absolute Gasteiger partial charge is 0.387 e. The molecule has 0 bridgehead atoms. The Kier molecular flexibility index (Phi) is 4.16. The first-order valence-corrected chi connectivity index (χ1v) is 6.44. The van der Waals surface area contributed by atoms with Gasteiger partial charge in [0, 0.05) is 5.92 Å². The Hall–Kier alpha value is -1.34. The van der Waals surface area contributed by atoms with E-state index in [0.29, 0.717) is 0 Å². The summed E-state index contributed by atoms with van der Waals surface area (Å²) in [5.74, 6) is 0.127. The summed E-state index contributed by atoms with van der Waals surface area (Å²) >= 11 is 0. The number of benzene rings is 1. The Balaban J connectivity index is 2.07. The third-order valence-corrected chi connectivity index (χ3v) is 3.26. The van der Waals surface area contributed by atoms with E-state index in [-0.39, 0.29) is 5.92 Å². The van der Waals surface area contributed by atoms with Crippen molar-refractivity contribution in [3.05, 3.63) is 53.6 Å². The van der Waals surface area contributed by atoms with Crippen molar-refractivity contribution in [3.8, 4) is 0 Å². The molecule has 1 aliphatic rings. The highest BCUT2D eigenvalue weighted by molar-refractivity contribution is 5.58. The van der Waals surface area contributed by atoms with Gasteiger partial charge in [0.05, 0.1) is 6.10 Å². The molecule has 1 N–H and O–H groups in total. The van der Waals surface area contributed by atoms with E-state index in [4.69, 9.17) is 0 Å². The normalized spacial score (nSPS) is 22.9. The van der Waals surface area contributed by atoms with Gasteiger partial charge in [-0.15, -0.1) is 0 Å². The second kappa shape index (κ2) is 5.83. The molecule has 0 saturated carbocycles. The van der Waals surface area contributed by atoms with Crippen molar-refractivity contribution in [3.63, 3.8) is 0 Å². The number of unbranched alkanes of at least 4 members (excludes halogenated alkanes) is 2. The van der Waals surface area contributed by atoms with Crippen LogP contribution in [0.2, 0.25) is 0 Å². The first-order valence-electron chi connectivity index (χ1n) is 6.44. The lowest BCUT2D eigenvalue weighted by molar-refractivity contribution is 0.149. The molecule has 2 rings (SSSR count). The summed E-state index contributed by atoms with van der Waals surface area (Å²) in [5, 5.41) is 10.3. The maximum Gasteiger partial charge on any atom is 0.0893 e. The standard InChI is InChI=1S/C16H20O/c1-2-3-4-5-9-14-12-11-13-8-6-7-10-15(13)16(14)17/h5-12,14,16-17H,2-4H2,1H3/b9-5+/t14-,16-/m0/s1. The molecule has 1 aliphatic carbocycles. The monoisotopic (exact) mass is 228 g/mol. The predicted molar refractivity (Wildman–Crippen MR) is 72.6 cm³/mol. The van der Waals surface area contributed by atoms with E-state index < -0.39 is 6.10 Å². The van der Waals surface area contributed by atoms with Gasteiger partial charge in [-0.05, 0) is 17.5 Å². The summed E-state index contributed by atoms with van der Waals surface area (Å²) < 4.78 is 0. The van der Waals surface area contributed by atoms with Gasteiger partial charge in [0.15, 0.2) is 0 Å². The van der Waals surface area contributed by atoms with Crippen LogP contribution in [-0.4, -0.2) is 5.11 Å². The van der Waals surface area contributed by atoms with Gasteiger partial charge in [0.1, 0.15) is 0 Å². The minimum atomic E-state index is -0.394. The number of aliphatic hydroxyl groups is 1. The van der Waals surface area contributed by atoms with Crippen LogP contribution >= 0.6 is 0 Å². The minimum Gasteiger partial charge on any atom is -0.387 e. The average molecular weight is 228 g/mol. The Morgan fingerprint density at radius 1 is 1.29 bits per heavy atom. The zero-order valence-electron chi connectivity index (χ0n) is 10.3. The third kappa shape index (κ3) is 2.86. The van der Waals surface area contributed by atoms with Crippen molar-refractivity contribution < 1.29 is 5.11 Å². The summed E-state index contributed by atoms with van der Waals surface area (Å²) in [5.41, 5.74) is 2.18. The molecule has 0 spiro atoms. The summed E-state index contributed by atoms with van der Waals surface area (Å²) in [4.78, 5) is 0. The molecule has 0 aliphatic heterocycles. The molecule has 90 valence electrons. The second-order valence-corrected chi connectivity index (χ2v) is 4.58. The fourth-order valence-electron chi connectivity index (χ4n) is 2.20. The zero-order valence-corrected chi connectivity index (χ0v) is 10.3. The molecule has 1 aromatic rings. The molecule has 2 atom stereocenters. The van der Waals surface area contributed by atoms with E-state index in [0.717, 1.165) is 17.5 Å². The fraction of sp³-hybridized carbons (Fsp3) is 0.375. The van der Waals surface area contributed by atoms with Crippen molar-refractivity contribution >= 4 is 6.08 Å². The molecular weight excluding hydrogens is 208 g/mol. The van der Waals surface area contributed by atoms with Crippen LogP contribution in [-0.2, 0) is 0 Å². The van der Waals surface area contributed by atoms with Crippen molar-refractivity contribution in [2.75, 3.05) is 0 Å². The molecule has 1 nitrogen and oxygen atoms in total. The van der Waals surface area contributed by atoms with Gasteiger partial charge in [-0.2, -0.15) is 0 Å². The smallest absolute Gasteiger partial charge is 0.0893 e. The molecule has 0 aromatic heterocycles. The number of rotatable bonds is 4. The quantitative estimate of drug-likeness (QED) is 0.607. The highest BCUT2D eigenvalue weighted by Gasteiger charge is 2.21. The molecule has 1 aromatic carbocycles. The Labute approximate surface area is 103 Å². The molecule has 0 unspecified atom stereocenters. The van der Waals surface area contributed by atoms with Gasteiger partial charge in [-0.3, -0.25) is 0 Å². The number of fused-ring (bicyclic) bond motifs is 1. The van der Waals surface area contributed by atoms with Crippen molar-refractivity contribution in [1.29, 1.82) is 0 Å². The predicted octanol–water partition coefficient (Wildman–Crippen LogP) is 4.11. The van der Waals surface area contributed by atoms with Gasteiger partial charge >= 0.3 is 0 Å². The maximum atomic E-state index is 10.3. The minimum absolute atomic E-state index is 0.127. The van der Waals surface area contributed by atoms with Crippen LogP contribution in [0, 0.1) is 5.92 Å². The van der Waals surface area contributed by atoms with E-state index in [1.54, 1.807) is 0 Å². The first kappa shape index (κ1) is 12.1. The van der Waals surface area contributed by atoms with Crippen LogP contribution in [0.25, 0.3) is 6.08 Å². The second-order valence-electron chi connectivity index (χ2n) is 4.58. The molecule has 0 saturated heterocycles. The first-order chi connectivity index (χ1) is 8.33. The van der Waals surface area contributed by atoms with Crippen molar-refractivity contribution in [1.82, 2.24) is 0 Å². The van der Waals surface area contributed by atoms with Gasteiger partial charge in [0.2, 0.25) is 0 Å². The number of allylic oxidation sites excluding steroid dienone is 1. The molecule has 0 heterocycles. The average Bonchev–Trinajstić information content (AvgIpc) is 2.37. The lowest BCUT2D eigenvalue weighted by Crippen LogP contribution is -2.12. The molecule has 0 amide bonds. The summed E-state index contributed by atoms with van der Waals surface area (Å²) in [7, 11) is 0. The topological polar surface area (TPSA) is 20.2 Å². The van der Waals surface area contributed by atoms with Crippen LogP contribution < -0.4 is 0 Å². The molecule has 1 heteroatoms. The Morgan fingerprint density at radius 2 is 2.12 bits per heavy atom. The van der Waals surface area contributed by atoms with Crippen molar-refractivity contribution in [2.45, 2.75) is 32.3 Å². The van der Waals surface area contributed by atoms with E-state index in [2.05, 4.69) is 31.2 Å². The summed E-state index contributed by atoms with van der Waals surface area (Å²) in [6, 6.07) is 8.05. The highest BCUT2D eigenvalue weighted by Crippen LogP contribution is 2.32.